The van der Waals surface area contributed by atoms with Crippen LogP contribution < -0.4 is 15.3 Å². The van der Waals surface area contributed by atoms with Crippen molar-refractivity contribution in [3.05, 3.63) is 54.6 Å². The lowest BCUT2D eigenvalue weighted by Crippen LogP contribution is -2.15. The van der Waals surface area contributed by atoms with E-state index in [1.807, 2.05) is 56.3 Å². The Morgan fingerprint density at radius 1 is 0.944 bits per heavy atom. The van der Waals surface area contributed by atoms with Gasteiger partial charge in [0.2, 0.25) is 0 Å². The van der Waals surface area contributed by atoms with Crippen molar-refractivity contribution in [1.82, 2.24) is 0 Å². The van der Waals surface area contributed by atoms with Gasteiger partial charge in [-0.05, 0) is 31.3 Å². The number of ether oxygens (including phenoxy) is 1. The third-order valence-corrected chi connectivity index (χ3v) is 5.10. The number of para-hydroxylation sites is 1. The maximum atomic E-state index is 6.61. The second kappa shape index (κ2) is 6.22. The average molecular weight is 279 g/mol. The van der Waals surface area contributed by atoms with E-state index < -0.39 is 7.27 Å². The fraction of sp³-hybridized carbons (Fsp3) is 0.200. The first-order valence-electron chi connectivity index (χ1n) is 5.95. The fourth-order valence-corrected chi connectivity index (χ4v) is 3.68. The summed E-state index contributed by atoms with van der Waals surface area (Å²) < 4.78 is 5.82. The Bertz CT molecular complexity index is 499. The van der Waals surface area contributed by atoms with Crippen LogP contribution in [0.25, 0.3) is 0 Å². The molecule has 3 heteroatoms. The van der Waals surface area contributed by atoms with Crippen molar-refractivity contribution in [3.8, 4) is 5.75 Å². The molecule has 0 saturated heterocycles. The second-order valence-corrected chi connectivity index (χ2v) is 6.82. The maximum absolute atomic E-state index is 6.61. The molecule has 0 amide bonds. The van der Waals surface area contributed by atoms with Gasteiger partial charge in [-0.15, -0.1) is 0 Å². The monoisotopic (exact) mass is 278 g/mol. The maximum Gasteiger partial charge on any atom is 0.128 e. The van der Waals surface area contributed by atoms with Gasteiger partial charge < -0.3 is 4.74 Å². The molecule has 94 valence electrons. The highest BCUT2D eigenvalue weighted by Crippen LogP contribution is 2.41. The average Bonchev–Trinajstić information content (AvgIpc) is 2.39. The van der Waals surface area contributed by atoms with E-state index in [1.165, 1.54) is 0 Å². The molecule has 1 atom stereocenters. The molecule has 2 aromatic carbocycles. The molecule has 0 heterocycles. The third kappa shape index (κ3) is 3.25. The Hall–Kier alpha value is -1.04. The van der Waals surface area contributed by atoms with E-state index in [0.717, 1.165) is 16.4 Å². The summed E-state index contributed by atoms with van der Waals surface area (Å²) >= 11 is 6.61. The quantitative estimate of drug-likeness (QED) is 0.767. The van der Waals surface area contributed by atoms with Crippen LogP contribution in [0.3, 0.4) is 0 Å². The molecule has 0 fully saturated rings. The van der Waals surface area contributed by atoms with Crippen LogP contribution in [-0.2, 0) is 0 Å². The molecule has 0 aromatic heterocycles. The number of benzene rings is 2. The smallest absolute Gasteiger partial charge is 0.128 e. The summed E-state index contributed by atoms with van der Waals surface area (Å²) in [6.45, 7) is 4.05. The number of hydrogen-bond donors (Lipinski definition) is 0. The predicted molar refractivity (Wildman–Crippen MR) is 80.7 cm³/mol. The van der Waals surface area contributed by atoms with E-state index in [4.69, 9.17) is 16.0 Å². The van der Waals surface area contributed by atoms with Crippen molar-refractivity contribution in [1.29, 1.82) is 0 Å². The molecule has 18 heavy (non-hydrogen) atoms. The Balaban J connectivity index is 2.33. The molecular weight excluding hydrogens is 263 g/mol. The summed E-state index contributed by atoms with van der Waals surface area (Å²) in [4.78, 5) is 0. The van der Waals surface area contributed by atoms with Crippen molar-refractivity contribution < 1.29 is 4.74 Å². The van der Waals surface area contributed by atoms with Gasteiger partial charge in [0.15, 0.2) is 0 Å². The lowest BCUT2D eigenvalue weighted by atomic mass is 10.3. The molecule has 0 spiro atoms. The van der Waals surface area contributed by atoms with Gasteiger partial charge in [-0.3, -0.25) is 0 Å². The van der Waals surface area contributed by atoms with E-state index in [1.54, 1.807) is 0 Å². The van der Waals surface area contributed by atoms with Crippen LogP contribution in [0, 0.1) is 0 Å². The van der Waals surface area contributed by atoms with Gasteiger partial charge in [-0.25, -0.2) is 0 Å². The molecule has 0 aliphatic heterocycles. The summed E-state index contributed by atoms with van der Waals surface area (Å²) in [5.41, 5.74) is 0. The molecule has 0 aliphatic carbocycles. The summed E-state index contributed by atoms with van der Waals surface area (Å²) in [7, 11) is -0.875. The molecule has 0 bridgehead atoms. The highest BCUT2D eigenvalue weighted by Gasteiger charge is 2.15. The molecule has 1 nitrogen and oxygen atoms in total. The largest absolute Gasteiger partial charge is 0.490 e. The SMILES string of the molecule is CC(C)Oc1ccccc1P(Cl)c1ccccc1. The lowest BCUT2D eigenvalue weighted by Gasteiger charge is -2.17. The van der Waals surface area contributed by atoms with Gasteiger partial charge in [0.25, 0.3) is 0 Å². The van der Waals surface area contributed by atoms with Gasteiger partial charge in [0.1, 0.15) is 5.75 Å². The highest BCUT2D eigenvalue weighted by molar-refractivity contribution is 7.95. The molecule has 0 N–H and O–H groups in total. The van der Waals surface area contributed by atoms with E-state index in [2.05, 4.69) is 12.1 Å². The molecule has 0 radical (unpaired) electrons. The number of hydrogen-bond acceptors (Lipinski definition) is 1. The molecule has 2 rings (SSSR count). The minimum Gasteiger partial charge on any atom is -0.490 e. The topological polar surface area (TPSA) is 9.23 Å². The molecular formula is C15H16ClOP. The lowest BCUT2D eigenvalue weighted by molar-refractivity contribution is 0.244. The van der Waals surface area contributed by atoms with Crippen LogP contribution in [0.1, 0.15) is 13.8 Å². The minimum absolute atomic E-state index is 0.155. The zero-order valence-electron chi connectivity index (χ0n) is 10.5. The zero-order chi connectivity index (χ0) is 13.0. The summed E-state index contributed by atoms with van der Waals surface area (Å²) in [5, 5.41) is 2.23. The fourth-order valence-electron chi connectivity index (χ4n) is 1.67. The van der Waals surface area contributed by atoms with Crippen LogP contribution in [0.5, 0.6) is 5.75 Å². The van der Waals surface area contributed by atoms with Gasteiger partial charge in [-0.2, -0.15) is 0 Å². The molecule has 0 saturated carbocycles. The molecule has 2 aromatic rings. The Labute approximate surface area is 114 Å². The van der Waals surface area contributed by atoms with Crippen LogP contribution in [0.4, 0.5) is 0 Å². The highest BCUT2D eigenvalue weighted by atomic mass is 35.7. The standard InChI is InChI=1S/C15H16ClOP/c1-12(2)17-14-10-6-7-11-15(14)18(16)13-8-4-3-5-9-13/h3-12H,1-2H3. The first-order valence-corrected chi connectivity index (χ1v) is 8.20. The first-order chi connectivity index (χ1) is 8.68. The van der Waals surface area contributed by atoms with Crippen molar-refractivity contribution in [2.75, 3.05) is 0 Å². The van der Waals surface area contributed by atoms with Crippen LogP contribution in [0.2, 0.25) is 0 Å². The van der Waals surface area contributed by atoms with Crippen molar-refractivity contribution in [2.24, 2.45) is 0 Å². The van der Waals surface area contributed by atoms with Crippen molar-refractivity contribution >= 4 is 29.1 Å². The second-order valence-electron chi connectivity index (χ2n) is 4.25. The molecule has 1 unspecified atom stereocenters. The van der Waals surface area contributed by atoms with E-state index in [-0.39, 0.29) is 6.10 Å². The Kier molecular flexibility index (Phi) is 4.63. The summed E-state index contributed by atoms with van der Waals surface area (Å²) in [5.74, 6) is 0.887. The van der Waals surface area contributed by atoms with Crippen LogP contribution >= 0.6 is 18.5 Å². The Morgan fingerprint density at radius 2 is 1.56 bits per heavy atom. The first kappa shape index (κ1) is 13.4. The normalized spacial score (nSPS) is 12.4. The van der Waals surface area contributed by atoms with Crippen LogP contribution in [0.15, 0.2) is 54.6 Å². The van der Waals surface area contributed by atoms with Crippen molar-refractivity contribution in [2.45, 2.75) is 20.0 Å². The van der Waals surface area contributed by atoms with Gasteiger partial charge in [0, 0.05) is 5.30 Å². The van der Waals surface area contributed by atoms with E-state index >= 15 is 0 Å². The predicted octanol–water partition coefficient (Wildman–Crippen LogP) is 4.06. The van der Waals surface area contributed by atoms with E-state index in [9.17, 15) is 0 Å². The number of rotatable bonds is 4. The van der Waals surface area contributed by atoms with Gasteiger partial charge in [-0.1, -0.05) is 53.7 Å². The minimum atomic E-state index is -0.875. The summed E-state index contributed by atoms with van der Waals surface area (Å²) in [6, 6.07) is 18.2. The van der Waals surface area contributed by atoms with Crippen molar-refractivity contribution in [3.63, 3.8) is 0 Å². The van der Waals surface area contributed by atoms with Gasteiger partial charge in [0.05, 0.1) is 13.4 Å². The number of halogens is 1. The third-order valence-electron chi connectivity index (χ3n) is 2.42. The Morgan fingerprint density at radius 3 is 2.22 bits per heavy atom. The van der Waals surface area contributed by atoms with E-state index in [0.29, 0.717) is 0 Å². The molecule has 0 aliphatic rings. The zero-order valence-corrected chi connectivity index (χ0v) is 12.2. The van der Waals surface area contributed by atoms with Crippen LogP contribution in [-0.4, -0.2) is 6.10 Å². The van der Waals surface area contributed by atoms with Gasteiger partial charge >= 0.3 is 0 Å². The summed E-state index contributed by atoms with van der Waals surface area (Å²) in [6.07, 6.45) is 0.155.